The van der Waals surface area contributed by atoms with Gasteiger partial charge >= 0.3 is 0 Å². The molecule has 0 aromatic heterocycles. The maximum absolute atomic E-state index is 13.3. The van der Waals surface area contributed by atoms with Crippen molar-refractivity contribution in [1.82, 2.24) is 5.32 Å². The van der Waals surface area contributed by atoms with Crippen molar-refractivity contribution in [2.24, 2.45) is 0 Å². The molecule has 2 N–H and O–H groups in total. The van der Waals surface area contributed by atoms with Gasteiger partial charge in [0.25, 0.3) is 0 Å². The van der Waals surface area contributed by atoms with Gasteiger partial charge in [0.2, 0.25) is 5.91 Å². The third kappa shape index (κ3) is 4.29. The molecule has 4 rings (SSSR count). The second kappa shape index (κ2) is 8.45. The molecule has 0 spiro atoms. The average Bonchev–Trinajstić information content (AvgIpc) is 2.74. The fourth-order valence-corrected chi connectivity index (χ4v) is 4.75. The third-order valence-corrected chi connectivity index (χ3v) is 6.47. The van der Waals surface area contributed by atoms with Crippen molar-refractivity contribution in [3.05, 3.63) is 70.4 Å². The van der Waals surface area contributed by atoms with Crippen LogP contribution in [-0.4, -0.2) is 23.4 Å². The van der Waals surface area contributed by atoms with Crippen LogP contribution in [0.4, 0.5) is 0 Å². The van der Waals surface area contributed by atoms with E-state index >= 15 is 0 Å². The number of rotatable bonds is 4. The van der Waals surface area contributed by atoms with E-state index in [4.69, 9.17) is 4.74 Å². The molecule has 2 unspecified atom stereocenters. The zero-order valence-electron chi connectivity index (χ0n) is 19.2. The fraction of sp³-hybridized carbons (Fsp3) is 0.407. The van der Waals surface area contributed by atoms with Gasteiger partial charge in [-0.3, -0.25) is 9.59 Å². The van der Waals surface area contributed by atoms with E-state index in [9.17, 15) is 14.7 Å². The molecular weight excluding hydrogens is 402 g/mol. The Morgan fingerprint density at radius 1 is 1.00 bits per heavy atom. The van der Waals surface area contributed by atoms with Crippen molar-refractivity contribution in [3.63, 3.8) is 0 Å². The Kier molecular flexibility index (Phi) is 5.85. The lowest BCUT2D eigenvalue weighted by atomic mass is 9.73. The number of hydrogen-bond acceptors (Lipinski definition) is 4. The van der Waals surface area contributed by atoms with E-state index < -0.39 is 0 Å². The predicted molar refractivity (Wildman–Crippen MR) is 124 cm³/mol. The van der Waals surface area contributed by atoms with Gasteiger partial charge in [-0.2, -0.15) is 0 Å². The van der Waals surface area contributed by atoms with Crippen LogP contribution >= 0.6 is 0 Å². The Labute approximate surface area is 189 Å². The molecule has 2 atom stereocenters. The zero-order chi connectivity index (χ0) is 23.0. The van der Waals surface area contributed by atoms with Gasteiger partial charge in [0.1, 0.15) is 0 Å². The summed E-state index contributed by atoms with van der Waals surface area (Å²) in [4.78, 5) is 25.9. The van der Waals surface area contributed by atoms with Gasteiger partial charge in [-0.1, -0.05) is 51.1 Å². The molecule has 1 aliphatic heterocycles. The molecule has 0 bridgehead atoms. The quantitative estimate of drug-likeness (QED) is 0.704. The van der Waals surface area contributed by atoms with Crippen LogP contribution in [0.5, 0.6) is 11.5 Å². The van der Waals surface area contributed by atoms with Crippen LogP contribution in [0.25, 0.3) is 0 Å². The van der Waals surface area contributed by atoms with Gasteiger partial charge in [-0.05, 0) is 53.5 Å². The molecule has 1 heterocycles. The minimum Gasteiger partial charge on any atom is -0.504 e. The van der Waals surface area contributed by atoms with Gasteiger partial charge < -0.3 is 15.2 Å². The van der Waals surface area contributed by atoms with Gasteiger partial charge in [0.05, 0.1) is 6.61 Å². The van der Waals surface area contributed by atoms with E-state index in [2.05, 4.69) is 50.4 Å². The molecule has 0 fully saturated rings. The lowest BCUT2D eigenvalue weighted by Crippen LogP contribution is -2.38. The molecule has 0 radical (unpaired) electrons. The number of phenolic OH excluding ortho intramolecular Hbond substituents is 1. The van der Waals surface area contributed by atoms with Crippen molar-refractivity contribution in [2.75, 3.05) is 6.61 Å². The molecule has 0 saturated heterocycles. The molecule has 32 heavy (non-hydrogen) atoms. The minimum atomic E-state index is -0.324. The number of nitrogens with one attached hydrogen (secondary N) is 1. The van der Waals surface area contributed by atoms with E-state index in [1.165, 1.54) is 5.56 Å². The van der Waals surface area contributed by atoms with Crippen molar-refractivity contribution in [1.29, 1.82) is 0 Å². The second-order valence-corrected chi connectivity index (χ2v) is 9.76. The summed E-state index contributed by atoms with van der Waals surface area (Å²) in [5.41, 5.74) is 4.70. The number of ketones is 1. The summed E-state index contributed by atoms with van der Waals surface area (Å²) in [6.07, 6.45) is 1.27. The van der Waals surface area contributed by atoms with Gasteiger partial charge in [0, 0.05) is 30.0 Å². The molecule has 5 nitrogen and oxygen atoms in total. The first-order valence-electron chi connectivity index (χ1n) is 11.3. The Bertz CT molecular complexity index is 1080. The molecule has 168 valence electrons. The monoisotopic (exact) mass is 433 g/mol. The van der Waals surface area contributed by atoms with E-state index in [1.807, 2.05) is 6.92 Å². The first kappa shape index (κ1) is 22.1. The van der Waals surface area contributed by atoms with Crippen molar-refractivity contribution in [2.45, 2.75) is 64.2 Å². The van der Waals surface area contributed by atoms with Gasteiger partial charge in [0.15, 0.2) is 17.3 Å². The van der Waals surface area contributed by atoms with Gasteiger partial charge in [-0.25, -0.2) is 0 Å². The third-order valence-electron chi connectivity index (χ3n) is 6.47. The van der Waals surface area contributed by atoms with Crippen LogP contribution in [0.15, 0.2) is 53.7 Å². The Morgan fingerprint density at radius 2 is 1.69 bits per heavy atom. The molecule has 1 aliphatic carbocycles. The lowest BCUT2D eigenvalue weighted by Gasteiger charge is -2.34. The number of carbonyl (C=O) groups excluding carboxylic acids is 2. The summed E-state index contributed by atoms with van der Waals surface area (Å²) in [5.74, 6) is 0.142. The molecule has 2 aromatic rings. The summed E-state index contributed by atoms with van der Waals surface area (Å²) in [5, 5.41) is 13.0. The summed E-state index contributed by atoms with van der Waals surface area (Å²) in [7, 11) is 0. The average molecular weight is 434 g/mol. The molecule has 0 saturated carbocycles. The minimum absolute atomic E-state index is 0.0492. The van der Waals surface area contributed by atoms with E-state index in [-0.39, 0.29) is 41.1 Å². The van der Waals surface area contributed by atoms with E-state index in [0.717, 1.165) is 16.8 Å². The standard InChI is InChI=1S/C27H31NO4/c1-5-32-24-14-17(8-11-22(24)29)20-15-25(31)28-21-12-18(13-23(30)26(20)21)16-6-9-19(10-7-16)27(2,3)4/h6-11,14,18,20,29H,5,12-13,15H2,1-4H3,(H,28,31). The number of ether oxygens (including phenoxy) is 1. The molecule has 2 aliphatic rings. The van der Waals surface area contributed by atoms with Crippen molar-refractivity contribution >= 4 is 11.7 Å². The highest BCUT2D eigenvalue weighted by Gasteiger charge is 2.38. The fourth-order valence-electron chi connectivity index (χ4n) is 4.75. The number of carbonyl (C=O) groups is 2. The maximum atomic E-state index is 13.3. The smallest absolute Gasteiger partial charge is 0.225 e. The normalized spacial score (nSPS) is 21.2. The van der Waals surface area contributed by atoms with Crippen LogP contribution in [0.1, 0.15) is 75.5 Å². The second-order valence-electron chi connectivity index (χ2n) is 9.76. The Hall–Kier alpha value is -3.08. The Balaban J connectivity index is 1.66. The van der Waals surface area contributed by atoms with Crippen LogP contribution in [-0.2, 0) is 15.0 Å². The first-order chi connectivity index (χ1) is 15.2. The zero-order valence-corrected chi connectivity index (χ0v) is 19.2. The number of aromatic hydroxyl groups is 1. The number of hydrogen-bond donors (Lipinski definition) is 2. The van der Waals surface area contributed by atoms with E-state index in [1.54, 1.807) is 18.2 Å². The summed E-state index contributed by atoms with van der Waals surface area (Å²) in [6, 6.07) is 13.6. The number of benzene rings is 2. The molecule has 2 aromatic carbocycles. The highest BCUT2D eigenvalue weighted by molar-refractivity contribution is 6.02. The highest BCUT2D eigenvalue weighted by Crippen LogP contribution is 2.44. The number of amides is 1. The molecule has 5 heteroatoms. The number of Topliss-reactive ketones (excluding diaryl/α,β-unsaturated/α-hetero) is 1. The topological polar surface area (TPSA) is 75.6 Å². The van der Waals surface area contributed by atoms with Crippen molar-refractivity contribution in [3.8, 4) is 11.5 Å². The molecule has 1 amide bonds. The Morgan fingerprint density at radius 3 is 2.34 bits per heavy atom. The largest absolute Gasteiger partial charge is 0.504 e. The summed E-state index contributed by atoms with van der Waals surface area (Å²) in [6.45, 7) is 8.81. The highest BCUT2D eigenvalue weighted by atomic mass is 16.5. The number of phenols is 1. The van der Waals surface area contributed by atoms with Crippen LogP contribution in [0.2, 0.25) is 0 Å². The predicted octanol–water partition coefficient (Wildman–Crippen LogP) is 5.09. The van der Waals surface area contributed by atoms with Crippen LogP contribution in [0.3, 0.4) is 0 Å². The number of allylic oxidation sites excluding steroid dienone is 2. The molecular formula is C27H31NO4. The van der Waals surface area contributed by atoms with Crippen molar-refractivity contribution < 1.29 is 19.4 Å². The van der Waals surface area contributed by atoms with E-state index in [0.29, 0.717) is 30.8 Å². The van der Waals surface area contributed by atoms with Gasteiger partial charge in [-0.15, -0.1) is 0 Å². The summed E-state index contributed by atoms with van der Waals surface area (Å²) >= 11 is 0. The van der Waals surface area contributed by atoms with Crippen LogP contribution < -0.4 is 10.1 Å². The maximum Gasteiger partial charge on any atom is 0.225 e. The first-order valence-corrected chi connectivity index (χ1v) is 11.3. The SMILES string of the molecule is CCOc1cc(C2CC(=O)NC3=C2C(=O)CC(c2ccc(C(C)(C)C)cc2)C3)ccc1O. The summed E-state index contributed by atoms with van der Waals surface area (Å²) < 4.78 is 5.51. The van der Waals surface area contributed by atoms with Crippen LogP contribution in [0, 0.1) is 0 Å². The lowest BCUT2D eigenvalue weighted by molar-refractivity contribution is -0.122.